The van der Waals surface area contributed by atoms with E-state index in [1.807, 2.05) is 0 Å². The maximum absolute atomic E-state index is 13.7. The summed E-state index contributed by atoms with van der Waals surface area (Å²) in [5, 5.41) is 7.86. The molecular formula is C23H22ClFN4O2. The second-order valence-electron chi connectivity index (χ2n) is 7.49. The smallest absolute Gasteiger partial charge is 0.271 e. The lowest BCUT2D eigenvalue weighted by Crippen LogP contribution is -2.41. The Hall–Kier alpha value is -3.19. The van der Waals surface area contributed by atoms with E-state index in [4.69, 9.17) is 11.6 Å². The largest absolute Gasteiger partial charge is 0.355 e. The van der Waals surface area contributed by atoms with Gasteiger partial charge in [-0.3, -0.25) is 9.59 Å². The fraction of sp³-hybridized carbons (Fsp3) is 0.261. The third-order valence-electron chi connectivity index (χ3n) is 5.44. The predicted octanol–water partition coefficient (Wildman–Crippen LogP) is 3.56. The molecule has 1 fully saturated rings. The number of amides is 1. The van der Waals surface area contributed by atoms with Crippen LogP contribution in [0.2, 0.25) is 5.02 Å². The van der Waals surface area contributed by atoms with E-state index in [0.29, 0.717) is 48.0 Å². The lowest BCUT2D eigenvalue weighted by molar-refractivity contribution is -0.125. The topological polar surface area (TPSA) is 67.2 Å². The molecule has 2 heterocycles. The van der Waals surface area contributed by atoms with Crippen molar-refractivity contribution in [3.8, 4) is 5.69 Å². The molecule has 0 saturated carbocycles. The van der Waals surface area contributed by atoms with Gasteiger partial charge in [0.15, 0.2) is 0 Å². The molecule has 1 N–H and O–H groups in total. The van der Waals surface area contributed by atoms with Crippen LogP contribution in [-0.4, -0.2) is 28.8 Å². The average molecular weight is 441 g/mol. The van der Waals surface area contributed by atoms with Crippen molar-refractivity contribution >= 4 is 23.3 Å². The van der Waals surface area contributed by atoms with E-state index in [0.717, 1.165) is 0 Å². The molecule has 1 aliphatic heterocycles. The first kappa shape index (κ1) is 21.1. The van der Waals surface area contributed by atoms with E-state index in [-0.39, 0.29) is 29.7 Å². The summed E-state index contributed by atoms with van der Waals surface area (Å²) in [5.74, 6) is 0.143. The molecule has 4 rings (SSSR count). The molecular weight excluding hydrogens is 419 g/mol. The van der Waals surface area contributed by atoms with Gasteiger partial charge in [0.05, 0.1) is 5.69 Å². The third-order valence-corrected chi connectivity index (χ3v) is 5.67. The minimum atomic E-state index is -0.321. The lowest BCUT2D eigenvalue weighted by Gasteiger charge is -2.32. The van der Waals surface area contributed by atoms with Gasteiger partial charge in [-0.25, -0.2) is 4.39 Å². The molecule has 0 bridgehead atoms. The van der Waals surface area contributed by atoms with Crippen LogP contribution in [0.3, 0.4) is 0 Å². The molecule has 0 spiro atoms. The van der Waals surface area contributed by atoms with E-state index in [1.54, 1.807) is 48.5 Å². The van der Waals surface area contributed by atoms with Crippen LogP contribution in [0.15, 0.2) is 65.5 Å². The number of rotatable bonds is 5. The Kier molecular flexibility index (Phi) is 6.32. The molecule has 6 nitrogen and oxygen atoms in total. The Labute approximate surface area is 184 Å². The van der Waals surface area contributed by atoms with Gasteiger partial charge in [-0.05, 0) is 43.2 Å². The van der Waals surface area contributed by atoms with E-state index in [1.165, 1.54) is 16.8 Å². The molecule has 8 heteroatoms. The highest BCUT2D eigenvalue weighted by Gasteiger charge is 2.26. The van der Waals surface area contributed by atoms with Gasteiger partial charge in [-0.2, -0.15) is 4.68 Å². The van der Waals surface area contributed by atoms with Crippen LogP contribution in [-0.2, 0) is 11.3 Å². The standard InChI is InChI=1S/C23H22ClFN4O2/c24-18-5-3-6-19(14-18)29-22(30)9-8-21(27-29)28-12-10-16(11-13-28)23(31)26-15-17-4-1-2-7-20(17)25/h1-9,14,16H,10-13,15H2,(H,26,31). The fourth-order valence-corrected chi connectivity index (χ4v) is 3.89. The Morgan fingerprint density at radius 1 is 1.10 bits per heavy atom. The van der Waals surface area contributed by atoms with E-state index >= 15 is 0 Å². The summed E-state index contributed by atoms with van der Waals surface area (Å²) >= 11 is 6.04. The number of hydrogen-bond acceptors (Lipinski definition) is 4. The first-order valence-electron chi connectivity index (χ1n) is 10.1. The van der Waals surface area contributed by atoms with Crippen LogP contribution < -0.4 is 15.8 Å². The molecule has 160 valence electrons. The van der Waals surface area contributed by atoms with Gasteiger partial charge >= 0.3 is 0 Å². The van der Waals surface area contributed by atoms with Crippen molar-refractivity contribution in [2.45, 2.75) is 19.4 Å². The summed E-state index contributed by atoms with van der Waals surface area (Å²) in [4.78, 5) is 26.9. The highest BCUT2D eigenvalue weighted by atomic mass is 35.5. The number of nitrogens with one attached hydrogen (secondary N) is 1. The second-order valence-corrected chi connectivity index (χ2v) is 7.93. The van der Waals surface area contributed by atoms with Gasteiger partial charge < -0.3 is 10.2 Å². The number of carbonyl (C=O) groups excluding carboxylic acids is 1. The van der Waals surface area contributed by atoms with E-state index < -0.39 is 0 Å². The van der Waals surface area contributed by atoms with Gasteiger partial charge in [0, 0.05) is 42.2 Å². The molecule has 1 aromatic heterocycles. The number of hydrogen-bond donors (Lipinski definition) is 1. The molecule has 1 aliphatic rings. The number of nitrogens with zero attached hydrogens (tertiary/aromatic N) is 3. The number of anilines is 1. The third kappa shape index (κ3) is 4.94. The SMILES string of the molecule is O=C(NCc1ccccc1F)C1CCN(c2ccc(=O)n(-c3cccc(Cl)c3)n2)CC1. The van der Waals surface area contributed by atoms with Crippen molar-refractivity contribution in [3.05, 3.63) is 87.4 Å². The molecule has 0 unspecified atom stereocenters. The van der Waals surface area contributed by atoms with Crippen LogP contribution in [0.25, 0.3) is 5.69 Å². The quantitative estimate of drug-likeness (QED) is 0.658. The summed E-state index contributed by atoms with van der Waals surface area (Å²) in [7, 11) is 0. The van der Waals surface area contributed by atoms with Crippen LogP contribution in [0.1, 0.15) is 18.4 Å². The average Bonchev–Trinajstić information content (AvgIpc) is 2.79. The molecule has 1 saturated heterocycles. The van der Waals surface area contributed by atoms with Crippen molar-refractivity contribution in [2.75, 3.05) is 18.0 Å². The monoisotopic (exact) mass is 440 g/mol. The molecule has 1 amide bonds. The molecule has 2 aromatic carbocycles. The normalized spacial score (nSPS) is 14.5. The van der Waals surface area contributed by atoms with E-state index in [2.05, 4.69) is 15.3 Å². The Morgan fingerprint density at radius 2 is 1.87 bits per heavy atom. The highest BCUT2D eigenvalue weighted by Crippen LogP contribution is 2.22. The Morgan fingerprint density at radius 3 is 2.61 bits per heavy atom. The zero-order valence-corrected chi connectivity index (χ0v) is 17.6. The fourth-order valence-electron chi connectivity index (χ4n) is 3.70. The van der Waals surface area contributed by atoms with Crippen molar-refractivity contribution in [3.63, 3.8) is 0 Å². The van der Waals surface area contributed by atoms with E-state index in [9.17, 15) is 14.0 Å². The first-order valence-corrected chi connectivity index (χ1v) is 10.5. The number of benzene rings is 2. The summed E-state index contributed by atoms with van der Waals surface area (Å²) in [6.07, 6.45) is 1.31. The Bertz CT molecular complexity index is 1140. The lowest BCUT2D eigenvalue weighted by atomic mass is 9.96. The van der Waals surface area contributed by atoms with Gasteiger partial charge in [0.25, 0.3) is 5.56 Å². The summed E-state index contributed by atoms with van der Waals surface area (Å²) in [5.41, 5.74) is 0.830. The molecule has 0 atom stereocenters. The summed E-state index contributed by atoms with van der Waals surface area (Å²) in [6.45, 7) is 1.45. The zero-order chi connectivity index (χ0) is 21.8. The zero-order valence-electron chi connectivity index (χ0n) is 16.8. The first-order chi connectivity index (χ1) is 15.0. The van der Waals surface area contributed by atoms with Crippen molar-refractivity contribution in [1.29, 1.82) is 0 Å². The predicted molar refractivity (Wildman–Crippen MR) is 118 cm³/mol. The van der Waals surface area contributed by atoms with Crippen LogP contribution in [0.5, 0.6) is 0 Å². The molecule has 31 heavy (non-hydrogen) atoms. The molecule has 0 aliphatic carbocycles. The minimum Gasteiger partial charge on any atom is -0.355 e. The second kappa shape index (κ2) is 9.31. The Balaban J connectivity index is 1.38. The van der Waals surface area contributed by atoms with Crippen LogP contribution in [0, 0.1) is 11.7 Å². The van der Waals surface area contributed by atoms with Crippen molar-refractivity contribution in [1.82, 2.24) is 15.1 Å². The maximum atomic E-state index is 13.7. The van der Waals surface area contributed by atoms with Gasteiger partial charge in [0.2, 0.25) is 5.91 Å². The van der Waals surface area contributed by atoms with Gasteiger partial charge in [-0.1, -0.05) is 35.9 Å². The number of carbonyl (C=O) groups is 1. The van der Waals surface area contributed by atoms with Crippen LogP contribution >= 0.6 is 11.6 Å². The summed E-state index contributed by atoms with van der Waals surface area (Å²) in [6, 6.07) is 16.6. The summed E-state index contributed by atoms with van der Waals surface area (Å²) < 4.78 is 15.1. The molecule has 0 radical (unpaired) electrons. The highest BCUT2D eigenvalue weighted by molar-refractivity contribution is 6.30. The van der Waals surface area contributed by atoms with Gasteiger partial charge in [-0.15, -0.1) is 5.10 Å². The molecule has 3 aromatic rings. The van der Waals surface area contributed by atoms with Crippen molar-refractivity contribution in [2.24, 2.45) is 5.92 Å². The van der Waals surface area contributed by atoms with Crippen molar-refractivity contribution < 1.29 is 9.18 Å². The number of halogens is 2. The van der Waals surface area contributed by atoms with Gasteiger partial charge in [0.1, 0.15) is 11.6 Å². The van der Waals surface area contributed by atoms with Crippen LogP contribution in [0.4, 0.5) is 10.2 Å². The maximum Gasteiger partial charge on any atom is 0.271 e. The number of piperidine rings is 1. The minimum absolute atomic E-state index is 0.0697. The number of aromatic nitrogens is 2.